The van der Waals surface area contributed by atoms with Crippen molar-refractivity contribution in [2.24, 2.45) is 5.92 Å². The van der Waals surface area contributed by atoms with Gasteiger partial charge in [-0.2, -0.15) is 4.98 Å². The molecule has 0 unspecified atom stereocenters. The third-order valence-corrected chi connectivity index (χ3v) is 7.35. The summed E-state index contributed by atoms with van der Waals surface area (Å²) in [6.07, 6.45) is 0.290. The van der Waals surface area contributed by atoms with Crippen LogP contribution in [0.3, 0.4) is 0 Å². The van der Waals surface area contributed by atoms with Crippen LogP contribution in [0.25, 0.3) is 11.1 Å². The maximum absolute atomic E-state index is 13.7. The lowest BCUT2D eigenvalue weighted by Crippen LogP contribution is -2.51. The Balaban J connectivity index is 1.51. The van der Waals surface area contributed by atoms with Gasteiger partial charge in [-0.3, -0.25) is 9.78 Å². The summed E-state index contributed by atoms with van der Waals surface area (Å²) in [7, 11) is 1.89. The molecule has 4 aromatic rings. The van der Waals surface area contributed by atoms with E-state index in [0.29, 0.717) is 35.6 Å². The van der Waals surface area contributed by atoms with Crippen LogP contribution in [0.5, 0.6) is 0 Å². The Hall–Kier alpha value is -3.96. The predicted molar refractivity (Wildman–Crippen MR) is 159 cm³/mol. The van der Waals surface area contributed by atoms with Crippen LogP contribution in [-0.4, -0.2) is 70.8 Å². The van der Waals surface area contributed by atoms with Crippen LogP contribution >= 0.6 is 11.3 Å². The highest BCUT2D eigenvalue weighted by Crippen LogP contribution is 2.23. The zero-order valence-electron chi connectivity index (χ0n) is 23.8. The number of benzene rings is 2. The second-order valence-corrected chi connectivity index (χ2v) is 11.3. The first-order valence-electron chi connectivity index (χ1n) is 13.7. The molecule has 2 N–H and O–H groups in total. The van der Waals surface area contributed by atoms with E-state index in [1.165, 1.54) is 11.3 Å². The fraction of sp³-hybridized carbons (Fsp3) is 0.400. The Kier molecular flexibility index (Phi) is 10.3. The van der Waals surface area contributed by atoms with Crippen molar-refractivity contribution in [3.63, 3.8) is 0 Å². The first-order valence-corrected chi connectivity index (χ1v) is 14.5. The number of hydrogen-bond donors (Lipinski definition) is 2. The monoisotopic (exact) mass is 579 g/mol. The number of anilines is 1. The average molecular weight is 580 g/mol. The van der Waals surface area contributed by atoms with Gasteiger partial charge in [-0.25, -0.2) is 4.79 Å². The number of amides is 2. The van der Waals surface area contributed by atoms with E-state index >= 15 is 0 Å². The van der Waals surface area contributed by atoms with E-state index in [1.54, 1.807) is 34.8 Å². The Morgan fingerprint density at radius 3 is 2.61 bits per heavy atom. The average Bonchev–Trinajstić information content (AvgIpc) is 3.64. The lowest BCUT2D eigenvalue weighted by Gasteiger charge is -2.31. The number of aliphatic hydroxyl groups is 1. The molecule has 0 aliphatic carbocycles. The Morgan fingerprint density at radius 1 is 1.15 bits per heavy atom. The van der Waals surface area contributed by atoms with Crippen LogP contribution < -0.4 is 10.2 Å². The number of alkyl carbamates (subject to hydrolysis) is 1. The van der Waals surface area contributed by atoms with Crippen molar-refractivity contribution in [2.75, 3.05) is 31.6 Å². The van der Waals surface area contributed by atoms with Crippen LogP contribution in [0.1, 0.15) is 41.6 Å². The molecule has 2 aromatic carbocycles. The molecule has 0 bridgehead atoms. The van der Waals surface area contributed by atoms with E-state index in [1.807, 2.05) is 63.1 Å². The fourth-order valence-electron chi connectivity index (χ4n) is 4.36. The Morgan fingerprint density at radius 2 is 1.93 bits per heavy atom. The second-order valence-electron chi connectivity index (χ2n) is 10.3. The van der Waals surface area contributed by atoms with E-state index in [0.717, 1.165) is 17.0 Å². The lowest BCUT2D eigenvalue weighted by molar-refractivity contribution is 0.0494. The molecule has 0 spiro atoms. The van der Waals surface area contributed by atoms with Crippen molar-refractivity contribution in [3.05, 3.63) is 76.2 Å². The standard InChI is InChI=1S/C30H37N5O5S/c1-5-34(4)29-32-24-12-11-22(14-27(24)40-29)28(37)35(16-20(2)3)17-26(36)25(13-21-9-7-6-8-10-21)33-30(38)39-18-23-15-31-19-41-23/h6-12,14-15,19-20,25-26,36H,5,13,16-18H2,1-4H3,(H,33,38)/t25-,26-/m0/s1. The van der Waals surface area contributed by atoms with Gasteiger partial charge < -0.3 is 29.4 Å². The first-order chi connectivity index (χ1) is 19.7. The number of nitrogens with zero attached hydrogens (tertiary/aromatic N) is 4. The minimum atomic E-state index is -1.06. The number of carbonyl (C=O) groups excluding carboxylic acids is 2. The highest BCUT2D eigenvalue weighted by atomic mass is 32.1. The minimum absolute atomic E-state index is 0.0158. The van der Waals surface area contributed by atoms with Gasteiger partial charge in [0.05, 0.1) is 22.5 Å². The van der Waals surface area contributed by atoms with Gasteiger partial charge in [0, 0.05) is 38.4 Å². The molecule has 2 heterocycles. The maximum Gasteiger partial charge on any atom is 0.407 e. The van der Waals surface area contributed by atoms with Crippen LogP contribution in [0, 0.1) is 5.92 Å². The van der Waals surface area contributed by atoms with Crippen molar-refractivity contribution < 1.29 is 23.8 Å². The largest absolute Gasteiger partial charge is 0.444 e. The minimum Gasteiger partial charge on any atom is -0.444 e. The smallest absolute Gasteiger partial charge is 0.407 e. The number of oxazole rings is 1. The fourth-order valence-corrected chi connectivity index (χ4v) is 4.86. The van der Waals surface area contributed by atoms with Gasteiger partial charge >= 0.3 is 6.09 Å². The third-order valence-electron chi connectivity index (χ3n) is 6.60. The molecule has 0 aliphatic heterocycles. The number of nitrogens with one attached hydrogen (secondary N) is 1. The van der Waals surface area contributed by atoms with Gasteiger partial charge in [-0.15, -0.1) is 11.3 Å². The van der Waals surface area contributed by atoms with Crippen molar-refractivity contribution in [3.8, 4) is 0 Å². The molecule has 0 aliphatic rings. The highest BCUT2D eigenvalue weighted by Gasteiger charge is 2.28. The quantitative estimate of drug-likeness (QED) is 0.233. The third kappa shape index (κ3) is 8.27. The molecule has 2 atom stereocenters. The second kappa shape index (κ2) is 14.1. The molecule has 41 heavy (non-hydrogen) atoms. The summed E-state index contributed by atoms with van der Waals surface area (Å²) < 4.78 is 11.2. The molecule has 0 saturated carbocycles. The van der Waals surface area contributed by atoms with E-state index in [9.17, 15) is 14.7 Å². The summed E-state index contributed by atoms with van der Waals surface area (Å²) in [4.78, 5) is 39.2. The summed E-state index contributed by atoms with van der Waals surface area (Å²) in [6, 6.07) is 14.5. The summed E-state index contributed by atoms with van der Waals surface area (Å²) >= 11 is 1.39. The summed E-state index contributed by atoms with van der Waals surface area (Å²) in [5.74, 6) is -0.0949. The maximum atomic E-state index is 13.7. The summed E-state index contributed by atoms with van der Waals surface area (Å²) in [6.45, 7) is 7.27. The van der Waals surface area contributed by atoms with E-state index < -0.39 is 18.2 Å². The molecule has 2 aromatic heterocycles. The normalized spacial score (nSPS) is 12.7. The number of aliphatic hydroxyl groups excluding tert-OH is 1. The molecule has 0 fully saturated rings. The van der Waals surface area contributed by atoms with Crippen molar-refractivity contribution in [1.29, 1.82) is 0 Å². The topological polar surface area (TPSA) is 121 Å². The molecule has 218 valence electrons. The van der Waals surface area contributed by atoms with Crippen LogP contribution in [0.2, 0.25) is 0 Å². The number of fused-ring (bicyclic) bond motifs is 1. The molecular weight excluding hydrogens is 542 g/mol. The van der Waals surface area contributed by atoms with Gasteiger partial charge in [0.25, 0.3) is 11.9 Å². The van der Waals surface area contributed by atoms with E-state index in [4.69, 9.17) is 9.15 Å². The zero-order chi connectivity index (χ0) is 29.4. The van der Waals surface area contributed by atoms with Gasteiger partial charge in [0.1, 0.15) is 12.1 Å². The predicted octanol–water partition coefficient (Wildman–Crippen LogP) is 4.74. The molecule has 10 nitrogen and oxygen atoms in total. The molecule has 11 heteroatoms. The van der Waals surface area contributed by atoms with Gasteiger partial charge in [0.15, 0.2) is 5.58 Å². The SMILES string of the molecule is CCN(C)c1nc2ccc(C(=O)N(CC(C)C)C[C@H](O)[C@H](Cc3ccccc3)NC(=O)OCc3cncs3)cc2o1. The van der Waals surface area contributed by atoms with Crippen molar-refractivity contribution in [1.82, 2.24) is 20.2 Å². The van der Waals surface area contributed by atoms with Crippen LogP contribution in [0.4, 0.5) is 10.8 Å². The first kappa shape index (κ1) is 30.0. The number of carbonyl (C=O) groups is 2. The molecule has 4 rings (SSSR count). The molecular formula is C30H37N5O5S. The van der Waals surface area contributed by atoms with Gasteiger partial charge in [0.2, 0.25) is 0 Å². The van der Waals surface area contributed by atoms with Crippen LogP contribution in [0.15, 0.2) is 64.7 Å². The number of hydrogen-bond acceptors (Lipinski definition) is 9. The van der Waals surface area contributed by atoms with Crippen LogP contribution in [-0.2, 0) is 17.8 Å². The number of aromatic nitrogens is 2. The lowest BCUT2D eigenvalue weighted by atomic mass is 10.00. The molecule has 2 amide bonds. The number of ether oxygens (including phenoxy) is 1. The van der Waals surface area contributed by atoms with Gasteiger partial charge in [-0.05, 0) is 43.0 Å². The number of rotatable bonds is 13. The summed E-state index contributed by atoms with van der Waals surface area (Å²) in [5, 5.41) is 14.2. The Bertz CT molecular complexity index is 1410. The molecule has 0 saturated heterocycles. The molecule has 0 radical (unpaired) electrons. The highest BCUT2D eigenvalue weighted by molar-refractivity contribution is 7.09. The van der Waals surface area contributed by atoms with Crippen molar-refractivity contribution >= 4 is 40.5 Å². The number of thiazole rings is 1. The van der Waals surface area contributed by atoms with Crippen molar-refractivity contribution in [2.45, 2.75) is 45.9 Å². The Labute approximate surface area is 244 Å². The zero-order valence-corrected chi connectivity index (χ0v) is 24.6. The van der Waals surface area contributed by atoms with E-state index in [2.05, 4.69) is 15.3 Å². The van der Waals surface area contributed by atoms with E-state index in [-0.39, 0.29) is 25.0 Å². The summed E-state index contributed by atoms with van der Waals surface area (Å²) in [5.41, 5.74) is 4.22. The van der Waals surface area contributed by atoms with Gasteiger partial charge in [-0.1, -0.05) is 44.2 Å².